The lowest BCUT2D eigenvalue weighted by molar-refractivity contribution is -0.126. The summed E-state index contributed by atoms with van der Waals surface area (Å²) in [6.07, 6.45) is 3.24. The van der Waals surface area contributed by atoms with Crippen LogP contribution in [-0.2, 0) is 16.1 Å². The highest BCUT2D eigenvalue weighted by atomic mass is 16.5. The first-order valence-corrected chi connectivity index (χ1v) is 11.1. The molecule has 6 nitrogen and oxygen atoms in total. The van der Waals surface area contributed by atoms with E-state index in [0.29, 0.717) is 31.3 Å². The maximum atomic E-state index is 12.6. The molecule has 162 valence electrons. The van der Waals surface area contributed by atoms with Gasteiger partial charge in [-0.3, -0.25) is 14.6 Å². The Morgan fingerprint density at radius 1 is 1.17 bits per heavy atom. The van der Waals surface area contributed by atoms with Gasteiger partial charge in [0.2, 0.25) is 5.91 Å². The summed E-state index contributed by atoms with van der Waals surface area (Å²) in [5.74, 6) is 0.137. The number of benzene rings is 1. The molecule has 29 heavy (non-hydrogen) atoms. The molecular formula is C23H38N4O2. The van der Waals surface area contributed by atoms with Crippen molar-refractivity contribution in [1.82, 2.24) is 20.4 Å². The molecule has 2 atom stereocenters. The normalized spacial score (nSPS) is 24.3. The van der Waals surface area contributed by atoms with Crippen LogP contribution in [0.4, 0.5) is 0 Å². The van der Waals surface area contributed by atoms with E-state index in [-0.39, 0.29) is 11.9 Å². The number of nitrogens with zero attached hydrogens (tertiary/aromatic N) is 2. The van der Waals surface area contributed by atoms with Gasteiger partial charge in [-0.2, -0.15) is 0 Å². The first kappa shape index (κ1) is 22.2. The van der Waals surface area contributed by atoms with E-state index in [1.54, 1.807) is 7.11 Å². The van der Waals surface area contributed by atoms with Crippen molar-refractivity contribution in [3.63, 3.8) is 0 Å². The van der Waals surface area contributed by atoms with Crippen LogP contribution in [0, 0.1) is 0 Å². The molecule has 2 N–H and O–H groups in total. The van der Waals surface area contributed by atoms with E-state index in [9.17, 15) is 4.79 Å². The van der Waals surface area contributed by atoms with Gasteiger partial charge in [-0.15, -0.1) is 0 Å². The van der Waals surface area contributed by atoms with Crippen LogP contribution in [0.2, 0.25) is 0 Å². The number of rotatable bonds is 9. The van der Waals surface area contributed by atoms with Crippen molar-refractivity contribution in [2.45, 2.75) is 63.8 Å². The summed E-state index contributed by atoms with van der Waals surface area (Å²) in [7, 11) is 1.66. The number of piperidine rings is 1. The molecular weight excluding hydrogens is 364 g/mol. The second-order valence-electron chi connectivity index (χ2n) is 8.73. The van der Waals surface area contributed by atoms with Crippen LogP contribution in [0.5, 0.6) is 0 Å². The Kier molecular flexibility index (Phi) is 8.48. The van der Waals surface area contributed by atoms with Crippen molar-refractivity contribution in [3.05, 3.63) is 35.9 Å². The van der Waals surface area contributed by atoms with Gasteiger partial charge in [-0.25, -0.2) is 0 Å². The van der Waals surface area contributed by atoms with Crippen molar-refractivity contribution in [3.8, 4) is 0 Å². The number of nitrogens with one attached hydrogen (secondary N) is 2. The van der Waals surface area contributed by atoms with Crippen LogP contribution < -0.4 is 10.6 Å². The smallest absolute Gasteiger partial charge is 0.237 e. The predicted molar refractivity (Wildman–Crippen MR) is 117 cm³/mol. The molecule has 1 aromatic rings. The second-order valence-corrected chi connectivity index (χ2v) is 8.73. The molecule has 0 radical (unpaired) electrons. The molecule has 2 fully saturated rings. The molecule has 1 amide bonds. The molecule has 2 saturated heterocycles. The van der Waals surface area contributed by atoms with Gasteiger partial charge in [0.15, 0.2) is 0 Å². The monoisotopic (exact) mass is 402 g/mol. The van der Waals surface area contributed by atoms with E-state index in [2.05, 4.69) is 64.6 Å². The number of carbonyl (C=O) groups excluding carboxylic acids is 1. The average Bonchev–Trinajstić information content (AvgIpc) is 3.15. The molecule has 0 unspecified atom stereocenters. The van der Waals surface area contributed by atoms with Crippen molar-refractivity contribution in [2.24, 2.45) is 0 Å². The maximum Gasteiger partial charge on any atom is 0.237 e. The summed E-state index contributed by atoms with van der Waals surface area (Å²) in [5.41, 5.74) is 1.39. The molecule has 0 bridgehead atoms. The highest BCUT2D eigenvalue weighted by Crippen LogP contribution is 2.23. The van der Waals surface area contributed by atoms with Gasteiger partial charge >= 0.3 is 0 Å². The summed E-state index contributed by atoms with van der Waals surface area (Å²) < 4.78 is 5.05. The summed E-state index contributed by atoms with van der Waals surface area (Å²) in [4.78, 5) is 17.5. The van der Waals surface area contributed by atoms with Gasteiger partial charge in [0, 0.05) is 44.9 Å². The third-order valence-electron chi connectivity index (χ3n) is 6.22. The fraction of sp³-hybridized carbons (Fsp3) is 0.696. The molecule has 2 heterocycles. The fourth-order valence-electron chi connectivity index (χ4n) is 4.64. The number of amides is 1. The molecule has 2 aliphatic rings. The van der Waals surface area contributed by atoms with Gasteiger partial charge < -0.3 is 15.4 Å². The summed E-state index contributed by atoms with van der Waals surface area (Å²) >= 11 is 0. The largest absolute Gasteiger partial charge is 0.383 e. The average molecular weight is 403 g/mol. The molecule has 0 aromatic heterocycles. The lowest BCUT2D eigenvalue weighted by Crippen LogP contribution is -2.47. The number of hydrogen-bond acceptors (Lipinski definition) is 5. The standard InChI is InChI=1S/C23H38N4O2/c1-18(2)27-17-21(15-22(27)23(28)24-11-14-29-3)25-20-9-12-26(13-10-20)16-19-7-5-4-6-8-19/h4-8,18,20-22,25H,9-17H2,1-3H3,(H,24,28)/t21-,22+/m1/s1. The molecule has 2 aliphatic heterocycles. The first-order chi connectivity index (χ1) is 14.1. The third-order valence-corrected chi connectivity index (χ3v) is 6.22. The second kappa shape index (κ2) is 11.1. The lowest BCUT2D eigenvalue weighted by Gasteiger charge is -2.34. The van der Waals surface area contributed by atoms with Gasteiger partial charge in [-0.05, 0) is 51.8 Å². The minimum absolute atomic E-state index is 0.0393. The zero-order chi connectivity index (χ0) is 20.6. The Balaban J connectivity index is 1.45. The zero-order valence-electron chi connectivity index (χ0n) is 18.3. The highest BCUT2D eigenvalue weighted by molar-refractivity contribution is 5.82. The lowest BCUT2D eigenvalue weighted by atomic mass is 10.0. The van der Waals surface area contributed by atoms with E-state index in [0.717, 1.165) is 32.6 Å². The highest BCUT2D eigenvalue weighted by Gasteiger charge is 2.38. The van der Waals surface area contributed by atoms with E-state index in [4.69, 9.17) is 4.74 Å². The van der Waals surface area contributed by atoms with Gasteiger partial charge in [0.1, 0.15) is 0 Å². The summed E-state index contributed by atoms with van der Waals surface area (Å²) in [5, 5.41) is 6.89. The third kappa shape index (κ3) is 6.51. The minimum Gasteiger partial charge on any atom is -0.383 e. The van der Waals surface area contributed by atoms with E-state index >= 15 is 0 Å². The quantitative estimate of drug-likeness (QED) is 0.618. The van der Waals surface area contributed by atoms with E-state index in [1.165, 1.54) is 18.4 Å². The molecule has 3 rings (SSSR count). The Morgan fingerprint density at radius 3 is 2.55 bits per heavy atom. The van der Waals surface area contributed by atoms with Crippen LogP contribution in [0.25, 0.3) is 0 Å². The van der Waals surface area contributed by atoms with Gasteiger partial charge in [0.25, 0.3) is 0 Å². The number of methoxy groups -OCH3 is 1. The number of carbonyl (C=O) groups is 1. The van der Waals surface area contributed by atoms with Crippen molar-refractivity contribution >= 4 is 5.91 Å². The van der Waals surface area contributed by atoms with Crippen molar-refractivity contribution in [1.29, 1.82) is 0 Å². The van der Waals surface area contributed by atoms with Gasteiger partial charge in [-0.1, -0.05) is 30.3 Å². The van der Waals surface area contributed by atoms with Crippen LogP contribution >= 0.6 is 0 Å². The molecule has 0 aliphatic carbocycles. The number of likely N-dealkylation sites (tertiary alicyclic amines) is 2. The van der Waals surface area contributed by atoms with Crippen molar-refractivity contribution in [2.75, 3.05) is 39.9 Å². The molecule has 6 heteroatoms. The topological polar surface area (TPSA) is 56.8 Å². The fourth-order valence-corrected chi connectivity index (χ4v) is 4.64. The van der Waals surface area contributed by atoms with Crippen LogP contribution in [0.1, 0.15) is 38.7 Å². The molecule has 1 aromatic carbocycles. The Morgan fingerprint density at radius 2 is 1.90 bits per heavy atom. The SMILES string of the molecule is COCCNC(=O)[C@@H]1C[C@@H](NC2CCN(Cc3ccccc3)CC2)CN1C(C)C. The van der Waals surface area contributed by atoms with Crippen LogP contribution in [0.3, 0.4) is 0 Å². The van der Waals surface area contributed by atoms with E-state index < -0.39 is 0 Å². The molecule has 0 saturated carbocycles. The first-order valence-electron chi connectivity index (χ1n) is 11.1. The predicted octanol–water partition coefficient (Wildman–Crippen LogP) is 1.85. The Hall–Kier alpha value is -1.47. The number of hydrogen-bond donors (Lipinski definition) is 2. The minimum atomic E-state index is -0.0393. The number of ether oxygens (including phenoxy) is 1. The Bertz CT molecular complexity index is 617. The Labute approximate surface area is 176 Å². The zero-order valence-corrected chi connectivity index (χ0v) is 18.3. The van der Waals surface area contributed by atoms with E-state index in [1.807, 2.05) is 0 Å². The van der Waals surface area contributed by atoms with Crippen LogP contribution in [-0.4, -0.2) is 79.8 Å². The van der Waals surface area contributed by atoms with Gasteiger partial charge in [0.05, 0.1) is 12.6 Å². The molecule has 0 spiro atoms. The summed E-state index contributed by atoms with van der Waals surface area (Å²) in [6, 6.07) is 12.0. The maximum absolute atomic E-state index is 12.6. The summed E-state index contributed by atoms with van der Waals surface area (Å²) in [6.45, 7) is 9.76. The van der Waals surface area contributed by atoms with Crippen molar-refractivity contribution < 1.29 is 9.53 Å². The van der Waals surface area contributed by atoms with Crippen LogP contribution in [0.15, 0.2) is 30.3 Å².